The van der Waals surface area contributed by atoms with Crippen molar-refractivity contribution in [1.29, 1.82) is 0 Å². The van der Waals surface area contributed by atoms with Gasteiger partial charge in [0.25, 0.3) is 5.91 Å². The average Bonchev–Trinajstić information content (AvgIpc) is 3.05. The third-order valence-corrected chi connectivity index (χ3v) is 3.91. The Bertz CT molecular complexity index is 667. The second-order valence-corrected chi connectivity index (χ2v) is 6.07. The molecule has 0 spiro atoms. The Labute approximate surface area is 141 Å². The maximum atomic E-state index is 12.4. The molecule has 1 unspecified atom stereocenters. The molecule has 7 nitrogen and oxygen atoms in total. The zero-order chi connectivity index (χ0) is 16.9. The summed E-state index contributed by atoms with van der Waals surface area (Å²) in [4.78, 5) is 14.2. The van der Waals surface area contributed by atoms with Crippen molar-refractivity contribution in [3.8, 4) is 5.75 Å². The van der Waals surface area contributed by atoms with Gasteiger partial charge in [-0.25, -0.2) is 4.68 Å². The van der Waals surface area contributed by atoms with Gasteiger partial charge in [0, 0.05) is 19.3 Å². The minimum atomic E-state index is -0.0781. The molecule has 1 saturated heterocycles. The van der Waals surface area contributed by atoms with E-state index in [-0.39, 0.29) is 18.6 Å². The lowest BCUT2D eigenvalue weighted by Gasteiger charge is -2.32. The van der Waals surface area contributed by atoms with E-state index in [1.54, 1.807) is 22.0 Å². The Morgan fingerprint density at radius 2 is 2.12 bits per heavy atom. The predicted molar refractivity (Wildman–Crippen MR) is 87.8 cm³/mol. The molecule has 128 valence electrons. The van der Waals surface area contributed by atoms with Gasteiger partial charge in [-0.15, -0.1) is 5.10 Å². The molecule has 1 fully saturated rings. The van der Waals surface area contributed by atoms with Crippen LogP contribution in [0, 0.1) is 13.8 Å². The highest BCUT2D eigenvalue weighted by Gasteiger charge is 2.25. The van der Waals surface area contributed by atoms with Crippen molar-refractivity contribution in [2.24, 2.45) is 0 Å². The van der Waals surface area contributed by atoms with E-state index in [0.29, 0.717) is 26.2 Å². The Morgan fingerprint density at radius 1 is 1.33 bits per heavy atom. The fraction of sp³-hybridized carbons (Fsp3) is 0.471. The van der Waals surface area contributed by atoms with E-state index in [1.807, 2.05) is 26.0 Å². The minimum Gasteiger partial charge on any atom is -0.484 e. The number of nitrogens with zero attached hydrogens (tertiary/aromatic N) is 4. The van der Waals surface area contributed by atoms with Gasteiger partial charge in [-0.05, 0) is 37.1 Å². The molecule has 1 aliphatic rings. The highest BCUT2D eigenvalue weighted by atomic mass is 16.5. The summed E-state index contributed by atoms with van der Waals surface area (Å²) < 4.78 is 13.1. The number of aryl methyl sites for hydroxylation is 2. The minimum absolute atomic E-state index is 0.0268. The third kappa shape index (κ3) is 4.32. The first-order valence-electron chi connectivity index (χ1n) is 8.05. The van der Waals surface area contributed by atoms with Gasteiger partial charge >= 0.3 is 0 Å². The number of amides is 1. The number of aromatic nitrogens is 3. The summed E-state index contributed by atoms with van der Waals surface area (Å²) in [6.45, 7) is 6.30. The lowest BCUT2D eigenvalue weighted by Crippen LogP contribution is -2.48. The van der Waals surface area contributed by atoms with Crippen LogP contribution in [-0.2, 0) is 16.1 Å². The van der Waals surface area contributed by atoms with Crippen LogP contribution in [0.15, 0.2) is 30.6 Å². The SMILES string of the molecule is Cc1cc(C)cc(OCC(=O)N2CCOC(Cn3ccnn3)C2)c1. The van der Waals surface area contributed by atoms with Crippen molar-refractivity contribution >= 4 is 5.91 Å². The maximum absolute atomic E-state index is 12.4. The zero-order valence-electron chi connectivity index (χ0n) is 14.0. The molecular formula is C17H22N4O3. The molecule has 2 aromatic rings. The fourth-order valence-corrected chi connectivity index (χ4v) is 2.85. The Hall–Kier alpha value is -2.41. The summed E-state index contributed by atoms with van der Waals surface area (Å²) in [5.74, 6) is 0.703. The number of benzene rings is 1. The quantitative estimate of drug-likeness (QED) is 0.824. The van der Waals surface area contributed by atoms with Gasteiger partial charge in [0.1, 0.15) is 5.75 Å². The first-order chi connectivity index (χ1) is 11.6. The van der Waals surface area contributed by atoms with Crippen LogP contribution in [0.5, 0.6) is 5.75 Å². The third-order valence-electron chi connectivity index (χ3n) is 3.91. The van der Waals surface area contributed by atoms with E-state index in [1.165, 1.54) is 0 Å². The number of morpholine rings is 1. The van der Waals surface area contributed by atoms with E-state index >= 15 is 0 Å². The monoisotopic (exact) mass is 330 g/mol. The number of carbonyl (C=O) groups excluding carboxylic acids is 1. The van der Waals surface area contributed by atoms with Gasteiger partial charge in [0.15, 0.2) is 6.61 Å². The summed E-state index contributed by atoms with van der Waals surface area (Å²) in [7, 11) is 0. The fourth-order valence-electron chi connectivity index (χ4n) is 2.85. The highest BCUT2D eigenvalue weighted by Crippen LogP contribution is 2.16. The van der Waals surface area contributed by atoms with Crippen molar-refractivity contribution in [1.82, 2.24) is 19.9 Å². The highest BCUT2D eigenvalue weighted by molar-refractivity contribution is 5.77. The van der Waals surface area contributed by atoms with Gasteiger partial charge in [-0.2, -0.15) is 0 Å². The molecule has 7 heteroatoms. The molecule has 0 N–H and O–H groups in total. The van der Waals surface area contributed by atoms with Crippen LogP contribution in [0.25, 0.3) is 0 Å². The largest absolute Gasteiger partial charge is 0.484 e. The van der Waals surface area contributed by atoms with Crippen LogP contribution in [0.1, 0.15) is 11.1 Å². The molecule has 1 aromatic carbocycles. The van der Waals surface area contributed by atoms with Crippen molar-refractivity contribution in [2.75, 3.05) is 26.3 Å². The van der Waals surface area contributed by atoms with E-state index in [2.05, 4.69) is 16.4 Å². The molecule has 0 saturated carbocycles. The van der Waals surface area contributed by atoms with Gasteiger partial charge in [0.2, 0.25) is 0 Å². The van der Waals surface area contributed by atoms with Gasteiger partial charge < -0.3 is 14.4 Å². The van der Waals surface area contributed by atoms with E-state index in [9.17, 15) is 4.79 Å². The molecule has 1 aliphatic heterocycles. The van der Waals surface area contributed by atoms with Gasteiger partial charge in [0.05, 0.1) is 25.5 Å². The number of hydrogen-bond acceptors (Lipinski definition) is 5. The van der Waals surface area contributed by atoms with Crippen molar-refractivity contribution < 1.29 is 14.3 Å². The van der Waals surface area contributed by atoms with Crippen molar-refractivity contribution in [3.05, 3.63) is 41.7 Å². The summed E-state index contributed by atoms with van der Waals surface area (Å²) in [5.41, 5.74) is 2.24. The molecule has 2 heterocycles. The summed E-state index contributed by atoms with van der Waals surface area (Å²) >= 11 is 0. The molecule has 3 rings (SSSR count). The van der Waals surface area contributed by atoms with Crippen LogP contribution < -0.4 is 4.74 Å². The van der Waals surface area contributed by atoms with Crippen LogP contribution >= 0.6 is 0 Å². The topological polar surface area (TPSA) is 69.5 Å². The zero-order valence-corrected chi connectivity index (χ0v) is 14.0. The lowest BCUT2D eigenvalue weighted by atomic mass is 10.1. The van der Waals surface area contributed by atoms with Crippen LogP contribution in [0.2, 0.25) is 0 Å². The number of carbonyl (C=O) groups is 1. The van der Waals surface area contributed by atoms with Crippen molar-refractivity contribution in [2.45, 2.75) is 26.5 Å². The molecule has 1 atom stereocenters. The number of ether oxygens (including phenoxy) is 2. The molecule has 0 aliphatic carbocycles. The molecular weight excluding hydrogens is 308 g/mol. The Kier molecular flexibility index (Phi) is 5.10. The second-order valence-electron chi connectivity index (χ2n) is 6.07. The number of rotatable bonds is 5. The average molecular weight is 330 g/mol. The van der Waals surface area contributed by atoms with Gasteiger partial charge in [-0.3, -0.25) is 4.79 Å². The maximum Gasteiger partial charge on any atom is 0.260 e. The summed E-state index contributed by atoms with van der Waals surface area (Å²) in [5, 5.41) is 7.71. The van der Waals surface area contributed by atoms with E-state index in [0.717, 1.165) is 16.9 Å². The Balaban J connectivity index is 1.52. The lowest BCUT2D eigenvalue weighted by molar-refractivity contribution is -0.141. The molecule has 0 bridgehead atoms. The Morgan fingerprint density at radius 3 is 2.83 bits per heavy atom. The molecule has 24 heavy (non-hydrogen) atoms. The van der Waals surface area contributed by atoms with Crippen LogP contribution in [0.3, 0.4) is 0 Å². The number of hydrogen-bond donors (Lipinski definition) is 0. The van der Waals surface area contributed by atoms with Crippen LogP contribution in [0.4, 0.5) is 0 Å². The first-order valence-corrected chi connectivity index (χ1v) is 8.05. The van der Waals surface area contributed by atoms with E-state index < -0.39 is 0 Å². The second kappa shape index (κ2) is 7.44. The van der Waals surface area contributed by atoms with Crippen LogP contribution in [-0.4, -0.2) is 58.2 Å². The standard InChI is InChI=1S/C17H22N4O3/c1-13-7-14(2)9-15(8-13)24-12-17(22)20-5-6-23-16(10-20)11-21-4-3-18-19-21/h3-4,7-9,16H,5-6,10-12H2,1-2H3. The molecule has 1 aromatic heterocycles. The molecule has 1 amide bonds. The predicted octanol–water partition coefficient (Wildman–Crippen LogP) is 1.20. The normalized spacial score (nSPS) is 17.8. The summed E-state index contributed by atoms with van der Waals surface area (Å²) in [6, 6.07) is 5.95. The van der Waals surface area contributed by atoms with Gasteiger partial charge in [-0.1, -0.05) is 11.3 Å². The smallest absolute Gasteiger partial charge is 0.260 e. The first kappa shape index (κ1) is 16.4. The summed E-state index contributed by atoms with van der Waals surface area (Å²) in [6.07, 6.45) is 3.34. The molecule has 0 radical (unpaired) electrons. The van der Waals surface area contributed by atoms with E-state index in [4.69, 9.17) is 9.47 Å². The van der Waals surface area contributed by atoms with Crippen molar-refractivity contribution in [3.63, 3.8) is 0 Å².